The predicted molar refractivity (Wildman–Crippen MR) is 123 cm³/mol. The van der Waals surface area contributed by atoms with E-state index in [-0.39, 0.29) is 11.3 Å². The number of hydrogen-bond donors (Lipinski definition) is 1. The molecule has 158 valence electrons. The number of fused-ring (bicyclic) bond motifs is 1. The minimum atomic E-state index is -1.23. The van der Waals surface area contributed by atoms with Gasteiger partial charge in [-0.25, -0.2) is 4.79 Å². The molecule has 31 heavy (non-hydrogen) atoms. The van der Waals surface area contributed by atoms with Crippen LogP contribution in [0, 0.1) is 5.92 Å². The molecule has 2 aliphatic heterocycles. The van der Waals surface area contributed by atoms with Crippen LogP contribution in [0.1, 0.15) is 25.0 Å². The fraction of sp³-hybridized carbons (Fsp3) is 0.240. The van der Waals surface area contributed by atoms with Crippen molar-refractivity contribution in [2.24, 2.45) is 11.0 Å². The quantitative estimate of drug-likeness (QED) is 0.720. The van der Waals surface area contributed by atoms with Crippen LogP contribution in [-0.4, -0.2) is 35.8 Å². The van der Waals surface area contributed by atoms with Crippen LogP contribution in [0.4, 0.5) is 11.4 Å². The lowest BCUT2D eigenvalue weighted by Gasteiger charge is -2.21. The molecule has 1 amide bonds. The Morgan fingerprint density at radius 3 is 2.68 bits per heavy atom. The minimum absolute atomic E-state index is 0.0665. The number of anilines is 2. The van der Waals surface area contributed by atoms with Crippen molar-refractivity contribution in [2.45, 2.75) is 20.3 Å². The average Bonchev–Trinajstić information content (AvgIpc) is 3.29. The van der Waals surface area contributed by atoms with Gasteiger partial charge in [0.1, 0.15) is 0 Å². The first-order chi connectivity index (χ1) is 14.9. The normalized spacial score (nSPS) is 17.2. The Morgan fingerprint density at radius 1 is 1.19 bits per heavy atom. The highest BCUT2D eigenvalue weighted by molar-refractivity contribution is 6.52. The van der Waals surface area contributed by atoms with Crippen LogP contribution in [0.25, 0.3) is 6.08 Å². The number of carboxylic acid groups (broad SMARTS) is 1. The molecular weight excluding hydrogens is 390 g/mol. The minimum Gasteiger partial charge on any atom is -0.476 e. The van der Waals surface area contributed by atoms with Gasteiger partial charge in [-0.05, 0) is 53.8 Å². The zero-order valence-electron chi connectivity index (χ0n) is 17.7. The largest absolute Gasteiger partial charge is 0.476 e. The van der Waals surface area contributed by atoms with E-state index in [1.807, 2.05) is 18.2 Å². The lowest BCUT2D eigenvalue weighted by molar-refractivity contribution is -0.129. The van der Waals surface area contributed by atoms with Crippen molar-refractivity contribution in [1.29, 1.82) is 0 Å². The summed E-state index contributed by atoms with van der Waals surface area (Å²) in [5, 5.41) is 14.6. The summed E-state index contributed by atoms with van der Waals surface area (Å²) in [5.74, 6) is -1.07. The number of aliphatic carboxylic acids is 1. The maximum atomic E-state index is 12.8. The number of hydrogen-bond acceptors (Lipinski definition) is 4. The Bertz CT molecular complexity index is 1100. The molecule has 0 radical (unpaired) electrons. The number of amides is 1. The molecule has 6 heteroatoms. The van der Waals surface area contributed by atoms with Gasteiger partial charge in [-0.3, -0.25) is 4.79 Å². The number of rotatable bonds is 6. The van der Waals surface area contributed by atoms with Crippen molar-refractivity contribution in [2.75, 3.05) is 23.0 Å². The fourth-order valence-electron chi connectivity index (χ4n) is 3.95. The number of carbonyl (C=O) groups is 2. The van der Waals surface area contributed by atoms with Gasteiger partial charge in [-0.2, -0.15) is 10.1 Å². The maximum absolute atomic E-state index is 12.8. The summed E-state index contributed by atoms with van der Waals surface area (Å²) >= 11 is 0. The predicted octanol–water partition coefficient (Wildman–Crippen LogP) is 4.13. The highest BCUT2D eigenvalue weighted by Crippen LogP contribution is 2.30. The molecule has 0 aromatic heterocycles. The van der Waals surface area contributed by atoms with Crippen LogP contribution in [0.15, 0.2) is 71.4 Å². The van der Waals surface area contributed by atoms with E-state index in [4.69, 9.17) is 0 Å². The highest BCUT2D eigenvalue weighted by atomic mass is 16.4. The van der Waals surface area contributed by atoms with Gasteiger partial charge >= 0.3 is 5.97 Å². The Kier molecular flexibility index (Phi) is 5.71. The first kappa shape index (κ1) is 20.6. The fourth-order valence-corrected chi connectivity index (χ4v) is 3.95. The van der Waals surface area contributed by atoms with Crippen LogP contribution in [-0.2, 0) is 16.0 Å². The van der Waals surface area contributed by atoms with E-state index in [1.54, 1.807) is 30.3 Å². The molecule has 6 nitrogen and oxygen atoms in total. The van der Waals surface area contributed by atoms with Gasteiger partial charge in [-0.15, -0.1) is 0 Å². The summed E-state index contributed by atoms with van der Waals surface area (Å²) in [5.41, 5.74) is 3.96. The van der Waals surface area contributed by atoms with Crippen molar-refractivity contribution in [3.05, 3.63) is 77.4 Å². The van der Waals surface area contributed by atoms with E-state index in [1.165, 1.54) is 17.3 Å². The summed E-state index contributed by atoms with van der Waals surface area (Å²) < 4.78 is 0. The van der Waals surface area contributed by atoms with Crippen molar-refractivity contribution < 1.29 is 14.7 Å². The van der Waals surface area contributed by atoms with Crippen LogP contribution in [0.2, 0.25) is 0 Å². The molecule has 0 fully saturated rings. The molecule has 0 spiro atoms. The molecule has 0 unspecified atom stereocenters. The van der Waals surface area contributed by atoms with E-state index < -0.39 is 11.9 Å². The first-order valence-corrected chi connectivity index (χ1v) is 10.4. The Labute approximate surface area is 181 Å². The number of benzene rings is 2. The summed E-state index contributed by atoms with van der Waals surface area (Å²) in [6.45, 7) is 6.53. The number of carbonyl (C=O) groups excluding carboxylic acids is 1. The average molecular weight is 415 g/mol. The highest BCUT2D eigenvalue weighted by Gasteiger charge is 2.34. The molecule has 2 aliphatic rings. The number of para-hydroxylation sites is 1. The molecule has 1 N–H and O–H groups in total. The van der Waals surface area contributed by atoms with Crippen molar-refractivity contribution in [3.63, 3.8) is 0 Å². The summed E-state index contributed by atoms with van der Waals surface area (Å²) in [6.07, 6.45) is 6.14. The topological polar surface area (TPSA) is 73.2 Å². The second-order valence-corrected chi connectivity index (χ2v) is 8.12. The number of nitrogens with zero attached hydrogens (tertiary/aromatic N) is 3. The van der Waals surface area contributed by atoms with Gasteiger partial charge in [-0.1, -0.05) is 50.3 Å². The second-order valence-electron chi connectivity index (χ2n) is 8.12. The smallest absolute Gasteiger partial charge is 0.357 e. The molecule has 0 bridgehead atoms. The van der Waals surface area contributed by atoms with Crippen LogP contribution >= 0.6 is 0 Å². The third-order valence-corrected chi connectivity index (χ3v) is 5.31. The Balaban J connectivity index is 1.55. The third-order valence-electron chi connectivity index (χ3n) is 5.31. The van der Waals surface area contributed by atoms with E-state index in [9.17, 15) is 14.7 Å². The molecule has 4 rings (SSSR count). The van der Waals surface area contributed by atoms with E-state index in [0.717, 1.165) is 30.1 Å². The molecule has 2 heterocycles. The molecule has 0 aliphatic carbocycles. The SMILES string of the molecule is CC(C)CN1CCc2cc(/C=C/C=C3\C(=O)N(c4ccccc4)N=C3C(=O)O)ccc21. The Morgan fingerprint density at radius 2 is 1.97 bits per heavy atom. The van der Waals surface area contributed by atoms with Gasteiger partial charge < -0.3 is 10.0 Å². The molecule has 2 aromatic carbocycles. The van der Waals surface area contributed by atoms with E-state index >= 15 is 0 Å². The van der Waals surface area contributed by atoms with Crippen molar-refractivity contribution in [3.8, 4) is 0 Å². The van der Waals surface area contributed by atoms with Crippen molar-refractivity contribution >= 4 is 35.0 Å². The van der Waals surface area contributed by atoms with Gasteiger partial charge in [0, 0.05) is 18.8 Å². The lowest BCUT2D eigenvalue weighted by Crippen LogP contribution is -2.25. The van der Waals surface area contributed by atoms with Crippen LogP contribution < -0.4 is 9.91 Å². The van der Waals surface area contributed by atoms with Gasteiger partial charge in [0.15, 0.2) is 5.71 Å². The number of allylic oxidation sites excluding steroid dienone is 2. The zero-order valence-corrected chi connectivity index (χ0v) is 17.7. The Hall–Kier alpha value is -3.67. The first-order valence-electron chi connectivity index (χ1n) is 10.4. The maximum Gasteiger partial charge on any atom is 0.357 e. The van der Waals surface area contributed by atoms with E-state index in [2.05, 4.69) is 36.0 Å². The second kappa shape index (κ2) is 8.60. The molecule has 0 atom stereocenters. The van der Waals surface area contributed by atoms with Gasteiger partial charge in [0.2, 0.25) is 0 Å². The standard InChI is InChI=1S/C25H25N3O3/c1-17(2)16-27-14-13-19-15-18(11-12-22(19)27)7-6-10-21-23(25(30)31)26-28(24(21)29)20-8-4-3-5-9-20/h3-12,15,17H,13-14,16H2,1-2H3,(H,30,31)/b7-6+,21-10-. The number of carboxylic acids is 1. The zero-order chi connectivity index (χ0) is 22.0. The molecule has 0 saturated carbocycles. The lowest BCUT2D eigenvalue weighted by atomic mass is 10.1. The molecule has 2 aromatic rings. The third kappa shape index (κ3) is 4.28. The van der Waals surface area contributed by atoms with Crippen LogP contribution in [0.3, 0.4) is 0 Å². The molecule has 0 saturated heterocycles. The molecular formula is C25H25N3O3. The van der Waals surface area contributed by atoms with Gasteiger partial charge in [0.05, 0.1) is 11.3 Å². The van der Waals surface area contributed by atoms with E-state index in [0.29, 0.717) is 11.6 Å². The number of hydrazone groups is 1. The summed E-state index contributed by atoms with van der Waals surface area (Å²) in [7, 11) is 0. The monoisotopic (exact) mass is 415 g/mol. The van der Waals surface area contributed by atoms with Gasteiger partial charge in [0.25, 0.3) is 5.91 Å². The van der Waals surface area contributed by atoms with Crippen molar-refractivity contribution in [1.82, 2.24) is 0 Å². The summed E-state index contributed by atoms with van der Waals surface area (Å²) in [4.78, 5) is 26.8. The van der Waals surface area contributed by atoms with Crippen LogP contribution in [0.5, 0.6) is 0 Å². The summed E-state index contributed by atoms with van der Waals surface area (Å²) in [6, 6.07) is 15.1.